The topological polar surface area (TPSA) is 143 Å². The van der Waals surface area contributed by atoms with Gasteiger partial charge < -0.3 is 20.5 Å². The highest BCUT2D eigenvalue weighted by molar-refractivity contribution is 8.26. The lowest BCUT2D eigenvalue weighted by atomic mass is 10.1. The van der Waals surface area contributed by atoms with Gasteiger partial charge in [-0.2, -0.15) is 4.99 Å². The number of carbonyl (C=O) groups is 2. The molecule has 14 heteroatoms. The molecular weight excluding hydrogens is 501 g/mol. The summed E-state index contributed by atoms with van der Waals surface area (Å²) in [6, 6.07) is 6.41. The van der Waals surface area contributed by atoms with Crippen molar-refractivity contribution in [1.82, 2.24) is 9.88 Å². The number of hydrogen-bond acceptors (Lipinski definition) is 8. The number of nitrogens with zero attached hydrogens (tertiary/aromatic N) is 3. The number of anilines is 1. The molecule has 0 unspecified atom stereocenters. The zero-order valence-electron chi connectivity index (χ0n) is 19.1. The molecule has 0 bridgehead atoms. The lowest BCUT2D eigenvalue weighted by molar-refractivity contribution is -0.274. The molecule has 1 saturated heterocycles. The van der Waals surface area contributed by atoms with Gasteiger partial charge in [-0.3, -0.25) is 24.9 Å². The van der Waals surface area contributed by atoms with Crippen molar-refractivity contribution in [2.24, 2.45) is 10.7 Å². The van der Waals surface area contributed by atoms with Crippen LogP contribution in [0.2, 0.25) is 0 Å². The quantitative estimate of drug-likeness (QED) is 0.387. The Morgan fingerprint density at radius 3 is 2.67 bits per heavy atom. The zero-order chi connectivity index (χ0) is 26.3. The summed E-state index contributed by atoms with van der Waals surface area (Å²) in [4.78, 5) is 34.6. The number of alkyl halides is 3. The van der Waals surface area contributed by atoms with E-state index in [1.807, 2.05) is 6.92 Å². The standard InChI is InChI=1S/C22H23F3N6O4S/c1-13-4-5-28-16(10-13)19(26)36-21(27)30-20(33)14-2-3-17(35-22(23,24)25)15(11-14)29-18(32)12-31-6-8-34-9-7-31/h2-5,10-11,26H,6-9,12H2,1H3,(H,29,32)(H2,27,30,33). The highest BCUT2D eigenvalue weighted by atomic mass is 32.2. The first kappa shape index (κ1) is 27.1. The van der Waals surface area contributed by atoms with Gasteiger partial charge in [-0.25, -0.2) is 0 Å². The molecule has 1 fully saturated rings. The monoisotopic (exact) mass is 524 g/mol. The van der Waals surface area contributed by atoms with Crippen LogP contribution in [0.3, 0.4) is 0 Å². The second-order valence-electron chi connectivity index (χ2n) is 7.60. The van der Waals surface area contributed by atoms with Gasteiger partial charge in [0.05, 0.1) is 31.1 Å². The summed E-state index contributed by atoms with van der Waals surface area (Å²) in [5, 5.41) is 10.1. The third-order valence-corrected chi connectivity index (χ3v) is 5.48. The van der Waals surface area contributed by atoms with Crippen LogP contribution in [0.5, 0.6) is 5.75 Å². The molecule has 1 aliphatic heterocycles. The number of nitrogens with one attached hydrogen (secondary N) is 2. The molecule has 0 aliphatic carbocycles. The highest BCUT2D eigenvalue weighted by Crippen LogP contribution is 2.31. The Labute approximate surface area is 208 Å². The number of amidine groups is 1. The number of benzene rings is 1. The Kier molecular flexibility index (Phi) is 9.01. The van der Waals surface area contributed by atoms with E-state index in [1.54, 1.807) is 17.0 Å². The number of nitrogens with two attached hydrogens (primary N) is 1. The molecule has 3 rings (SSSR count). The zero-order valence-corrected chi connectivity index (χ0v) is 19.9. The molecule has 4 N–H and O–H groups in total. The van der Waals surface area contributed by atoms with E-state index in [0.29, 0.717) is 43.8 Å². The smallest absolute Gasteiger partial charge is 0.404 e. The fourth-order valence-electron chi connectivity index (χ4n) is 3.13. The number of ether oxygens (including phenoxy) is 2. The summed E-state index contributed by atoms with van der Waals surface area (Å²) in [5.74, 6) is -2.16. The number of aryl methyl sites for hydroxylation is 1. The molecule has 36 heavy (non-hydrogen) atoms. The lowest BCUT2D eigenvalue weighted by Crippen LogP contribution is -2.41. The van der Waals surface area contributed by atoms with Gasteiger partial charge in [0.25, 0.3) is 5.91 Å². The Morgan fingerprint density at radius 2 is 2.00 bits per heavy atom. The molecule has 10 nitrogen and oxygen atoms in total. The number of hydrogen-bond donors (Lipinski definition) is 3. The summed E-state index contributed by atoms with van der Waals surface area (Å²) >= 11 is 0.698. The van der Waals surface area contributed by atoms with Crippen molar-refractivity contribution in [3.63, 3.8) is 0 Å². The van der Waals surface area contributed by atoms with Crippen LogP contribution in [0, 0.1) is 12.3 Å². The van der Waals surface area contributed by atoms with Crippen LogP contribution in [-0.4, -0.2) is 71.1 Å². The van der Waals surface area contributed by atoms with Gasteiger partial charge in [0.15, 0.2) is 10.9 Å². The predicted molar refractivity (Wildman–Crippen MR) is 128 cm³/mol. The number of pyridine rings is 1. The van der Waals surface area contributed by atoms with Gasteiger partial charge in [-0.1, -0.05) is 0 Å². The van der Waals surface area contributed by atoms with Gasteiger partial charge in [-0.15, -0.1) is 13.2 Å². The highest BCUT2D eigenvalue weighted by Gasteiger charge is 2.32. The van der Waals surface area contributed by atoms with Crippen LogP contribution >= 0.6 is 11.8 Å². The number of aliphatic imine (C=N–C) groups is 1. The third-order valence-electron chi connectivity index (χ3n) is 4.76. The van der Waals surface area contributed by atoms with E-state index in [9.17, 15) is 22.8 Å². The average molecular weight is 525 g/mol. The second kappa shape index (κ2) is 12.0. The van der Waals surface area contributed by atoms with Crippen LogP contribution in [0.15, 0.2) is 41.5 Å². The fourth-order valence-corrected chi connectivity index (χ4v) is 3.69. The summed E-state index contributed by atoms with van der Waals surface area (Å²) in [6.07, 6.45) is -3.49. The molecule has 0 atom stereocenters. The molecule has 2 amide bonds. The van der Waals surface area contributed by atoms with E-state index < -0.39 is 23.9 Å². The maximum Gasteiger partial charge on any atom is 0.573 e. The van der Waals surface area contributed by atoms with Crippen molar-refractivity contribution in [2.45, 2.75) is 13.3 Å². The second-order valence-corrected chi connectivity index (χ2v) is 8.63. The first-order valence-corrected chi connectivity index (χ1v) is 11.4. The molecule has 1 aromatic heterocycles. The van der Waals surface area contributed by atoms with Gasteiger partial charge in [-0.05, 0) is 54.6 Å². The van der Waals surface area contributed by atoms with E-state index >= 15 is 0 Å². The van der Waals surface area contributed by atoms with Gasteiger partial charge in [0.1, 0.15) is 5.04 Å². The molecule has 0 spiro atoms. The summed E-state index contributed by atoms with van der Waals surface area (Å²) in [6.45, 7) is 3.62. The molecule has 0 radical (unpaired) electrons. The van der Waals surface area contributed by atoms with Gasteiger partial charge in [0.2, 0.25) is 5.91 Å². The number of morpholine rings is 1. The van der Waals surface area contributed by atoms with Crippen molar-refractivity contribution >= 4 is 39.5 Å². The number of rotatable bonds is 6. The molecule has 1 aliphatic rings. The van der Waals surface area contributed by atoms with Crippen molar-refractivity contribution < 1.29 is 32.2 Å². The average Bonchev–Trinajstić information content (AvgIpc) is 2.79. The molecule has 2 heterocycles. The Balaban J connectivity index is 1.76. The summed E-state index contributed by atoms with van der Waals surface area (Å²) in [7, 11) is 0. The van der Waals surface area contributed by atoms with Crippen LogP contribution in [0.1, 0.15) is 21.6 Å². The molecule has 0 saturated carbocycles. The van der Waals surface area contributed by atoms with Crippen molar-refractivity contribution in [3.05, 3.63) is 53.3 Å². The Hall–Kier alpha value is -3.49. The van der Waals surface area contributed by atoms with E-state index in [1.165, 1.54) is 6.20 Å². The van der Waals surface area contributed by atoms with E-state index in [4.69, 9.17) is 15.9 Å². The van der Waals surface area contributed by atoms with Crippen LogP contribution in [0.25, 0.3) is 0 Å². The molecule has 1 aromatic carbocycles. The summed E-state index contributed by atoms with van der Waals surface area (Å²) in [5.41, 5.74) is 6.51. The third kappa shape index (κ3) is 8.32. The predicted octanol–water partition coefficient (Wildman–Crippen LogP) is 2.77. The van der Waals surface area contributed by atoms with Crippen LogP contribution in [0.4, 0.5) is 18.9 Å². The van der Waals surface area contributed by atoms with Crippen molar-refractivity contribution in [3.8, 4) is 5.75 Å². The van der Waals surface area contributed by atoms with Crippen molar-refractivity contribution in [1.29, 1.82) is 5.41 Å². The Morgan fingerprint density at radius 1 is 1.28 bits per heavy atom. The minimum Gasteiger partial charge on any atom is -0.404 e. The Bertz CT molecular complexity index is 1170. The largest absolute Gasteiger partial charge is 0.573 e. The number of amides is 2. The normalized spacial score (nSPS) is 14.8. The van der Waals surface area contributed by atoms with E-state index in [0.717, 1.165) is 23.8 Å². The van der Waals surface area contributed by atoms with Crippen molar-refractivity contribution in [2.75, 3.05) is 38.2 Å². The fraction of sp³-hybridized carbons (Fsp3) is 0.318. The minimum absolute atomic E-state index is 0.0438. The van der Waals surface area contributed by atoms with Crippen LogP contribution in [-0.2, 0) is 9.53 Å². The maximum absolute atomic E-state index is 12.9. The first-order valence-electron chi connectivity index (χ1n) is 10.6. The summed E-state index contributed by atoms with van der Waals surface area (Å²) < 4.78 is 47.8. The van der Waals surface area contributed by atoms with E-state index in [2.05, 4.69) is 20.0 Å². The first-order chi connectivity index (χ1) is 17.0. The maximum atomic E-state index is 12.9. The minimum atomic E-state index is -5.02. The molecular formula is C22H23F3N6O4S. The number of carbonyl (C=O) groups excluding carboxylic acids is 2. The van der Waals surface area contributed by atoms with Gasteiger partial charge in [0, 0.05) is 24.8 Å². The molecule has 2 aromatic rings. The lowest BCUT2D eigenvalue weighted by Gasteiger charge is -2.26. The number of halogens is 3. The van der Waals surface area contributed by atoms with Gasteiger partial charge >= 0.3 is 6.36 Å². The van der Waals surface area contributed by atoms with E-state index in [-0.39, 0.29) is 28.0 Å². The number of thioether (sulfide) groups is 1. The SMILES string of the molecule is Cc1ccnc(C(=N)SC(N)=NC(=O)c2ccc(OC(F)(F)F)c(NC(=O)CN3CCOCC3)c2)c1. The molecule has 192 valence electrons. The van der Waals surface area contributed by atoms with Crippen LogP contribution < -0.4 is 15.8 Å². The number of aromatic nitrogens is 1.